The third-order valence-corrected chi connectivity index (χ3v) is 3.93. The monoisotopic (exact) mass is 289 g/mol. The summed E-state index contributed by atoms with van der Waals surface area (Å²) in [7, 11) is 1.97. The molecule has 0 radical (unpaired) electrons. The minimum Gasteiger partial charge on any atom is -0.313 e. The van der Waals surface area contributed by atoms with E-state index < -0.39 is 0 Å². The fraction of sp³-hybridized carbons (Fsp3) is 0.471. The minimum absolute atomic E-state index is 0.197. The lowest BCUT2D eigenvalue weighted by Crippen LogP contribution is -2.15. The molecule has 2 rings (SSSR count). The Hall–Kier alpha value is -1.68. The molecule has 1 unspecified atom stereocenters. The predicted octanol–water partition coefficient (Wildman–Crippen LogP) is 3.48. The largest absolute Gasteiger partial charge is 0.313 e. The van der Waals surface area contributed by atoms with Gasteiger partial charge in [0.2, 0.25) is 0 Å². The highest BCUT2D eigenvalue weighted by Gasteiger charge is 2.19. The number of aryl methyl sites for hydroxylation is 1. The van der Waals surface area contributed by atoms with E-state index in [4.69, 9.17) is 5.10 Å². The number of hydrogen-bond acceptors (Lipinski definition) is 2. The van der Waals surface area contributed by atoms with Crippen LogP contribution in [0.15, 0.2) is 24.3 Å². The molecule has 0 amide bonds. The van der Waals surface area contributed by atoms with Crippen LogP contribution in [0.2, 0.25) is 0 Å². The molecular weight excluding hydrogens is 265 g/mol. The summed E-state index contributed by atoms with van der Waals surface area (Å²) < 4.78 is 15.4. The van der Waals surface area contributed by atoms with E-state index in [0.717, 1.165) is 24.1 Å². The molecule has 1 atom stereocenters. The smallest absolute Gasteiger partial charge is 0.123 e. The summed E-state index contributed by atoms with van der Waals surface area (Å²) in [4.78, 5) is 0. The van der Waals surface area contributed by atoms with Gasteiger partial charge in [-0.25, -0.2) is 4.39 Å². The van der Waals surface area contributed by atoms with Crippen molar-refractivity contribution in [2.45, 2.75) is 46.2 Å². The van der Waals surface area contributed by atoms with Crippen molar-refractivity contribution >= 4 is 0 Å². The Kier molecular flexibility index (Phi) is 5.12. The van der Waals surface area contributed by atoms with E-state index in [1.807, 2.05) is 17.8 Å². The van der Waals surface area contributed by atoms with Crippen molar-refractivity contribution in [2.75, 3.05) is 7.05 Å². The fourth-order valence-corrected chi connectivity index (χ4v) is 2.78. The Morgan fingerprint density at radius 3 is 2.62 bits per heavy atom. The van der Waals surface area contributed by atoms with Gasteiger partial charge in [0.1, 0.15) is 5.82 Å². The van der Waals surface area contributed by atoms with Gasteiger partial charge in [0.15, 0.2) is 0 Å². The molecule has 3 nitrogen and oxygen atoms in total. The van der Waals surface area contributed by atoms with Crippen LogP contribution in [0.5, 0.6) is 0 Å². The summed E-state index contributed by atoms with van der Waals surface area (Å²) >= 11 is 0. The van der Waals surface area contributed by atoms with Crippen LogP contribution >= 0.6 is 0 Å². The number of hydrogen-bond donors (Lipinski definition) is 1. The SMILES string of the molecule is CCc1nn(Cc2cccc(F)c2)c(CC)c1C(C)NC. The molecule has 1 aromatic carbocycles. The van der Waals surface area contributed by atoms with Gasteiger partial charge >= 0.3 is 0 Å². The molecule has 0 spiro atoms. The topological polar surface area (TPSA) is 29.9 Å². The quantitative estimate of drug-likeness (QED) is 0.882. The normalized spacial score (nSPS) is 12.6. The molecule has 4 heteroatoms. The average molecular weight is 289 g/mol. The van der Waals surface area contributed by atoms with E-state index in [2.05, 4.69) is 26.1 Å². The maximum Gasteiger partial charge on any atom is 0.123 e. The number of rotatable bonds is 6. The summed E-state index contributed by atoms with van der Waals surface area (Å²) in [5, 5.41) is 8.05. The van der Waals surface area contributed by atoms with E-state index in [1.165, 1.54) is 17.3 Å². The molecule has 1 heterocycles. The molecule has 0 saturated carbocycles. The predicted molar refractivity (Wildman–Crippen MR) is 84.0 cm³/mol. The fourth-order valence-electron chi connectivity index (χ4n) is 2.78. The van der Waals surface area contributed by atoms with Gasteiger partial charge in [-0.1, -0.05) is 26.0 Å². The number of halogens is 1. The third-order valence-electron chi connectivity index (χ3n) is 3.93. The highest BCUT2D eigenvalue weighted by Crippen LogP contribution is 2.24. The maximum absolute atomic E-state index is 13.3. The first-order chi connectivity index (χ1) is 10.1. The van der Waals surface area contributed by atoms with Gasteiger partial charge in [-0.15, -0.1) is 0 Å². The van der Waals surface area contributed by atoms with Crippen molar-refractivity contribution in [3.05, 3.63) is 52.6 Å². The van der Waals surface area contributed by atoms with Crippen LogP contribution in [0.25, 0.3) is 0 Å². The van der Waals surface area contributed by atoms with E-state index in [-0.39, 0.29) is 11.9 Å². The molecule has 0 bridgehead atoms. The van der Waals surface area contributed by atoms with Gasteiger partial charge < -0.3 is 5.32 Å². The van der Waals surface area contributed by atoms with Crippen LogP contribution in [0.1, 0.15) is 49.3 Å². The number of nitrogens with one attached hydrogen (secondary N) is 1. The van der Waals surface area contributed by atoms with E-state index in [0.29, 0.717) is 6.54 Å². The van der Waals surface area contributed by atoms with Crippen molar-refractivity contribution < 1.29 is 4.39 Å². The Labute approximate surface area is 126 Å². The van der Waals surface area contributed by atoms with Crippen molar-refractivity contribution in [3.8, 4) is 0 Å². The summed E-state index contributed by atoms with van der Waals surface area (Å²) in [5.41, 5.74) is 4.60. The summed E-state index contributed by atoms with van der Waals surface area (Å²) in [6.45, 7) is 7.04. The Morgan fingerprint density at radius 2 is 2.05 bits per heavy atom. The lowest BCUT2D eigenvalue weighted by Gasteiger charge is -2.13. The standard InChI is InChI=1S/C17H24FN3/c1-5-15-17(12(3)19-4)16(6-2)21(20-15)11-13-8-7-9-14(18)10-13/h7-10,12,19H,5-6,11H2,1-4H3. The Balaban J connectivity index is 2.41. The molecule has 0 aliphatic rings. The van der Waals surface area contributed by atoms with Gasteiger partial charge in [0.05, 0.1) is 12.2 Å². The van der Waals surface area contributed by atoms with Gasteiger partial charge in [0.25, 0.3) is 0 Å². The second-order valence-corrected chi connectivity index (χ2v) is 5.31. The highest BCUT2D eigenvalue weighted by atomic mass is 19.1. The van der Waals surface area contributed by atoms with Crippen molar-refractivity contribution in [1.29, 1.82) is 0 Å². The van der Waals surface area contributed by atoms with Crippen molar-refractivity contribution in [1.82, 2.24) is 15.1 Å². The second-order valence-electron chi connectivity index (χ2n) is 5.31. The molecule has 0 fully saturated rings. The summed E-state index contributed by atoms with van der Waals surface area (Å²) in [5.74, 6) is -0.197. The molecule has 0 aliphatic heterocycles. The Morgan fingerprint density at radius 1 is 1.29 bits per heavy atom. The maximum atomic E-state index is 13.3. The number of benzene rings is 1. The van der Waals surface area contributed by atoms with Crippen LogP contribution in [0.4, 0.5) is 4.39 Å². The summed E-state index contributed by atoms with van der Waals surface area (Å²) in [6.07, 6.45) is 1.83. The van der Waals surface area contributed by atoms with E-state index in [9.17, 15) is 4.39 Å². The van der Waals surface area contributed by atoms with Crippen LogP contribution < -0.4 is 5.32 Å². The van der Waals surface area contributed by atoms with Gasteiger partial charge in [-0.3, -0.25) is 4.68 Å². The third kappa shape index (κ3) is 3.32. The molecule has 114 valence electrons. The van der Waals surface area contributed by atoms with Gasteiger partial charge in [0, 0.05) is 17.3 Å². The lowest BCUT2D eigenvalue weighted by molar-refractivity contribution is 0.606. The summed E-state index contributed by atoms with van der Waals surface area (Å²) in [6, 6.07) is 7.01. The van der Waals surface area contributed by atoms with Crippen molar-refractivity contribution in [2.24, 2.45) is 0 Å². The molecule has 0 aliphatic carbocycles. The second kappa shape index (κ2) is 6.85. The molecule has 2 aromatic rings. The lowest BCUT2D eigenvalue weighted by atomic mass is 10.0. The van der Waals surface area contributed by atoms with Crippen LogP contribution in [-0.2, 0) is 19.4 Å². The first-order valence-corrected chi connectivity index (χ1v) is 7.60. The zero-order valence-corrected chi connectivity index (χ0v) is 13.3. The average Bonchev–Trinajstić information content (AvgIpc) is 2.83. The van der Waals surface area contributed by atoms with Crippen LogP contribution in [0, 0.1) is 5.82 Å². The molecule has 1 N–H and O–H groups in total. The van der Waals surface area contributed by atoms with E-state index >= 15 is 0 Å². The van der Waals surface area contributed by atoms with Crippen molar-refractivity contribution in [3.63, 3.8) is 0 Å². The number of nitrogens with zero attached hydrogens (tertiary/aromatic N) is 2. The zero-order valence-electron chi connectivity index (χ0n) is 13.3. The van der Waals surface area contributed by atoms with Crippen LogP contribution in [0.3, 0.4) is 0 Å². The molecule has 21 heavy (non-hydrogen) atoms. The minimum atomic E-state index is -0.197. The Bertz CT molecular complexity index is 604. The molecular formula is C17H24FN3. The number of aromatic nitrogens is 2. The van der Waals surface area contributed by atoms with E-state index in [1.54, 1.807) is 12.1 Å². The van der Waals surface area contributed by atoms with Gasteiger partial charge in [-0.2, -0.15) is 5.10 Å². The first kappa shape index (κ1) is 15.7. The molecule has 1 aromatic heterocycles. The highest BCUT2D eigenvalue weighted by molar-refractivity contribution is 5.31. The molecule has 0 saturated heterocycles. The first-order valence-electron chi connectivity index (χ1n) is 7.60. The van der Waals surface area contributed by atoms with Crippen LogP contribution in [-0.4, -0.2) is 16.8 Å². The zero-order chi connectivity index (χ0) is 15.4. The van der Waals surface area contributed by atoms with Gasteiger partial charge in [-0.05, 0) is 44.5 Å².